The van der Waals surface area contributed by atoms with Crippen molar-refractivity contribution < 1.29 is 24.2 Å². The molecule has 1 unspecified atom stereocenters. The quantitative estimate of drug-likeness (QED) is 0.134. The number of hydrogen-bond donors (Lipinski definition) is 4. The van der Waals surface area contributed by atoms with Gasteiger partial charge < -0.3 is 20.1 Å². The summed E-state index contributed by atoms with van der Waals surface area (Å²) in [4.78, 5) is 22.1. The maximum absolute atomic E-state index is 14.3. The zero-order valence-electron chi connectivity index (χ0n) is 16.6. The highest BCUT2D eigenvalue weighted by molar-refractivity contribution is 14.1. The third kappa shape index (κ3) is 5.62. The van der Waals surface area contributed by atoms with E-state index in [0.29, 0.717) is 28.6 Å². The van der Waals surface area contributed by atoms with Crippen LogP contribution < -0.4 is 10.8 Å². The van der Waals surface area contributed by atoms with E-state index < -0.39 is 5.91 Å². The van der Waals surface area contributed by atoms with Crippen LogP contribution in [0.15, 0.2) is 42.1 Å². The van der Waals surface area contributed by atoms with E-state index in [4.69, 9.17) is 15.1 Å². The molecule has 2 aromatic rings. The Labute approximate surface area is 192 Å². The van der Waals surface area contributed by atoms with Crippen molar-refractivity contribution in [3.63, 3.8) is 0 Å². The molecule has 0 saturated carbocycles. The van der Waals surface area contributed by atoms with Crippen LogP contribution >= 0.6 is 22.6 Å². The molecule has 0 aliphatic heterocycles. The first-order chi connectivity index (χ1) is 15.1. The van der Waals surface area contributed by atoms with E-state index >= 15 is 0 Å². The largest absolute Gasteiger partial charge is 0.394 e. The monoisotopic (exact) mass is 540 g/mol. The number of pyridine rings is 1. The summed E-state index contributed by atoms with van der Waals surface area (Å²) in [5.74, 6) is 4.52. The molecule has 0 saturated heterocycles. The number of hydrogen-bond acceptors (Lipinski definition) is 6. The summed E-state index contributed by atoms with van der Waals surface area (Å²) >= 11 is 2.17. The van der Waals surface area contributed by atoms with Crippen molar-refractivity contribution in [2.75, 3.05) is 19.8 Å². The molecule has 31 heavy (non-hydrogen) atoms. The molecule has 1 atom stereocenters. The second kappa shape index (κ2) is 11.2. The third-order valence-electron chi connectivity index (χ3n) is 4.57. The van der Waals surface area contributed by atoms with Gasteiger partial charge in [-0.3, -0.25) is 14.6 Å². The van der Waals surface area contributed by atoms with Gasteiger partial charge in [-0.05, 0) is 18.6 Å². The Morgan fingerprint density at radius 2 is 2.26 bits per heavy atom. The van der Waals surface area contributed by atoms with Crippen molar-refractivity contribution in [1.29, 1.82) is 0 Å². The first kappa shape index (κ1) is 23.2. The van der Waals surface area contributed by atoms with Crippen LogP contribution in [-0.4, -0.2) is 49.4 Å². The van der Waals surface area contributed by atoms with E-state index in [1.807, 2.05) is 0 Å². The highest BCUT2D eigenvalue weighted by atomic mass is 127. The summed E-state index contributed by atoms with van der Waals surface area (Å²) in [5, 5.41) is 21.7. The van der Waals surface area contributed by atoms with Crippen LogP contribution in [0.5, 0.6) is 0 Å². The van der Waals surface area contributed by atoms with Gasteiger partial charge in [-0.2, -0.15) is 0 Å². The lowest BCUT2D eigenvalue weighted by atomic mass is 10.1. The number of amides is 1. The molecule has 2 aromatic heterocycles. The maximum atomic E-state index is 14.3. The predicted molar refractivity (Wildman–Crippen MR) is 122 cm³/mol. The van der Waals surface area contributed by atoms with Gasteiger partial charge in [0, 0.05) is 33.8 Å². The van der Waals surface area contributed by atoms with Gasteiger partial charge in [0.25, 0.3) is 5.91 Å². The van der Waals surface area contributed by atoms with Crippen LogP contribution in [0.4, 0.5) is 4.39 Å². The van der Waals surface area contributed by atoms with Crippen LogP contribution in [0.3, 0.4) is 0 Å². The summed E-state index contributed by atoms with van der Waals surface area (Å²) in [7, 11) is 0. The molecular formula is C21H22FIN4O4. The number of nitrogens with zero attached hydrogens (tertiary/aromatic N) is 2. The fourth-order valence-electron chi connectivity index (χ4n) is 3.25. The molecule has 0 fully saturated rings. The standard InChI is InChI=1S/C21H22FIN4O4/c22-17-11-14(23)3-4-18(17)25-13-16-15-12-24-6-5-19(15)27(7-1-2-8-28)20(16)21(30)26-31-10-9-29/h4-6,11-12,14,25,28-29H,3,7-10,13H2,(H,26,30). The lowest BCUT2D eigenvalue weighted by Crippen LogP contribution is -2.29. The molecule has 1 aliphatic rings. The molecule has 0 aromatic carbocycles. The molecule has 0 bridgehead atoms. The fraction of sp³-hybridized carbons (Fsp3) is 0.333. The number of fused-ring (bicyclic) bond motifs is 1. The molecule has 10 heteroatoms. The molecule has 1 aliphatic carbocycles. The average Bonchev–Trinajstić information content (AvgIpc) is 3.07. The number of alkyl halides is 1. The fourth-order valence-corrected chi connectivity index (χ4v) is 3.82. The summed E-state index contributed by atoms with van der Waals surface area (Å²) in [5.41, 5.74) is 4.28. The molecule has 1 amide bonds. The van der Waals surface area contributed by atoms with Gasteiger partial charge in [0.1, 0.15) is 18.1 Å². The van der Waals surface area contributed by atoms with Crippen LogP contribution in [0.2, 0.25) is 0 Å². The number of aliphatic hydroxyl groups excluding tert-OH is 2. The highest BCUT2D eigenvalue weighted by Crippen LogP contribution is 2.28. The Balaban J connectivity index is 2.00. The number of nitrogens with one attached hydrogen (secondary N) is 2. The molecule has 3 rings (SSSR count). The second-order valence-corrected chi connectivity index (χ2v) is 8.16. The van der Waals surface area contributed by atoms with E-state index in [-0.39, 0.29) is 48.4 Å². The number of halogens is 2. The number of carbonyl (C=O) groups excluding carboxylic acids is 1. The smallest absolute Gasteiger partial charge is 0.291 e. The highest BCUT2D eigenvalue weighted by Gasteiger charge is 2.24. The normalized spacial score (nSPS) is 15.7. The van der Waals surface area contributed by atoms with Crippen molar-refractivity contribution in [2.24, 2.45) is 0 Å². The molecule has 0 radical (unpaired) electrons. The third-order valence-corrected chi connectivity index (χ3v) is 5.44. The Hall–Kier alpha value is -2.46. The maximum Gasteiger partial charge on any atom is 0.291 e. The number of allylic oxidation sites excluding steroid dienone is 3. The minimum absolute atomic E-state index is 0.0637. The number of aliphatic hydroxyl groups is 2. The van der Waals surface area contributed by atoms with Crippen LogP contribution in [0.1, 0.15) is 22.5 Å². The van der Waals surface area contributed by atoms with Gasteiger partial charge in [-0.1, -0.05) is 40.5 Å². The van der Waals surface area contributed by atoms with E-state index in [2.05, 4.69) is 50.2 Å². The molecule has 0 spiro atoms. The van der Waals surface area contributed by atoms with Gasteiger partial charge in [0.15, 0.2) is 0 Å². The van der Waals surface area contributed by atoms with E-state index in [1.54, 1.807) is 35.2 Å². The average molecular weight is 540 g/mol. The van der Waals surface area contributed by atoms with Gasteiger partial charge in [-0.15, -0.1) is 0 Å². The summed E-state index contributed by atoms with van der Waals surface area (Å²) < 4.78 is 16.1. The number of rotatable bonds is 8. The van der Waals surface area contributed by atoms with E-state index in [9.17, 15) is 9.18 Å². The Kier molecular flexibility index (Phi) is 8.42. The summed E-state index contributed by atoms with van der Waals surface area (Å²) in [6.45, 7) is -0.289. The first-order valence-electron chi connectivity index (χ1n) is 9.57. The van der Waals surface area contributed by atoms with Crippen molar-refractivity contribution in [1.82, 2.24) is 20.3 Å². The van der Waals surface area contributed by atoms with Crippen molar-refractivity contribution in [3.05, 3.63) is 53.4 Å². The van der Waals surface area contributed by atoms with Gasteiger partial charge in [-0.25, -0.2) is 9.87 Å². The van der Waals surface area contributed by atoms with Crippen LogP contribution in [0.25, 0.3) is 10.9 Å². The van der Waals surface area contributed by atoms with Gasteiger partial charge in [0.2, 0.25) is 0 Å². The van der Waals surface area contributed by atoms with Crippen LogP contribution in [-0.2, 0) is 17.9 Å². The number of hydroxylamine groups is 1. The second-order valence-electron chi connectivity index (χ2n) is 6.56. The summed E-state index contributed by atoms with van der Waals surface area (Å²) in [6, 6.07) is 1.76. The van der Waals surface area contributed by atoms with Gasteiger partial charge >= 0.3 is 0 Å². The van der Waals surface area contributed by atoms with E-state index in [1.165, 1.54) is 0 Å². The zero-order valence-corrected chi connectivity index (χ0v) is 18.7. The van der Waals surface area contributed by atoms with Crippen molar-refractivity contribution in [3.8, 4) is 11.8 Å². The van der Waals surface area contributed by atoms with Crippen molar-refractivity contribution >= 4 is 39.4 Å². The number of carbonyl (C=O) groups is 1. The Morgan fingerprint density at radius 3 is 3.00 bits per heavy atom. The SMILES string of the molecule is O=C(NOCCO)c1c(CNC2=CCC(I)C=C2F)c2cnccc2n1CC#CCO. The Morgan fingerprint density at radius 1 is 1.42 bits per heavy atom. The minimum atomic E-state index is -0.534. The van der Waals surface area contributed by atoms with Crippen LogP contribution in [0, 0.1) is 11.8 Å². The molecule has 4 N–H and O–H groups in total. The number of aromatic nitrogens is 2. The molecule has 164 valence electrons. The summed E-state index contributed by atoms with van der Waals surface area (Å²) in [6.07, 6.45) is 7.29. The minimum Gasteiger partial charge on any atom is -0.394 e. The molecular weight excluding hydrogens is 518 g/mol. The van der Waals surface area contributed by atoms with Gasteiger partial charge in [0.05, 0.1) is 31.0 Å². The molecule has 2 heterocycles. The van der Waals surface area contributed by atoms with Crippen molar-refractivity contribution in [2.45, 2.75) is 23.4 Å². The predicted octanol–water partition coefficient (Wildman–Crippen LogP) is 1.72. The lowest BCUT2D eigenvalue weighted by Gasteiger charge is -2.16. The topological polar surface area (TPSA) is 109 Å². The zero-order chi connectivity index (χ0) is 22.2. The van der Waals surface area contributed by atoms with E-state index in [0.717, 1.165) is 0 Å². The molecule has 8 nitrogen and oxygen atoms in total. The first-order valence-corrected chi connectivity index (χ1v) is 10.8. The Bertz CT molecular complexity index is 1070. The lowest BCUT2D eigenvalue weighted by molar-refractivity contribution is 0.0162.